The summed E-state index contributed by atoms with van der Waals surface area (Å²) in [7, 11) is 0. The molecule has 0 bridgehead atoms. The van der Waals surface area contributed by atoms with Crippen LogP contribution in [0.4, 0.5) is 5.69 Å². The molecule has 2 nitrogen and oxygen atoms in total. The average Bonchev–Trinajstić information content (AvgIpc) is 3.22. The monoisotopic (exact) mass is 842 g/mol. The first kappa shape index (κ1) is 56.0. The molecule has 0 heterocycles. The summed E-state index contributed by atoms with van der Waals surface area (Å²) in [5, 5.41) is 12.5. The number of hydrogen-bond donors (Lipinski definition) is 2. The van der Waals surface area contributed by atoms with E-state index in [-0.39, 0.29) is 6.61 Å². The molecule has 0 radical (unpaired) electrons. The lowest BCUT2D eigenvalue weighted by atomic mass is 10.0. The molecule has 0 fully saturated rings. The van der Waals surface area contributed by atoms with Gasteiger partial charge in [0.1, 0.15) is 0 Å². The maximum Gasteiger partial charge on any atom is 0.0614 e. The first-order valence-corrected chi connectivity index (χ1v) is 24.3. The average molecular weight is 842 g/mol. The lowest BCUT2D eigenvalue weighted by Crippen LogP contribution is -2.01. The molecule has 0 unspecified atom stereocenters. The van der Waals surface area contributed by atoms with Gasteiger partial charge in [0.25, 0.3) is 0 Å². The summed E-state index contributed by atoms with van der Waals surface area (Å²) in [6, 6.07) is 8.09. The Morgan fingerprint density at radius 3 is 0.984 bits per heavy atom. The Morgan fingerprint density at radius 2 is 0.710 bits per heavy atom. The van der Waals surface area contributed by atoms with E-state index < -0.39 is 0 Å². The molecular formula is C60H91NO. The van der Waals surface area contributed by atoms with Crippen LogP contribution in [0.5, 0.6) is 0 Å². The highest BCUT2D eigenvalue weighted by Crippen LogP contribution is 2.19. The summed E-state index contributed by atoms with van der Waals surface area (Å²) in [4.78, 5) is 0. The predicted molar refractivity (Wildman–Crippen MR) is 280 cm³/mol. The van der Waals surface area contributed by atoms with Crippen molar-refractivity contribution in [2.75, 3.05) is 18.5 Å². The fourth-order valence-corrected chi connectivity index (χ4v) is 7.41. The molecule has 1 rings (SSSR count). The van der Waals surface area contributed by atoms with Gasteiger partial charge in [-0.15, -0.1) is 6.42 Å². The van der Waals surface area contributed by atoms with E-state index >= 15 is 0 Å². The molecule has 0 atom stereocenters. The molecule has 0 aliphatic heterocycles. The number of anilines is 1. The lowest BCUT2D eigenvalue weighted by Gasteiger charge is -2.07. The van der Waals surface area contributed by atoms with Crippen LogP contribution in [0.15, 0.2) is 141 Å². The van der Waals surface area contributed by atoms with Gasteiger partial charge in [-0.2, -0.15) is 0 Å². The highest BCUT2D eigenvalue weighted by molar-refractivity contribution is 5.49. The van der Waals surface area contributed by atoms with Gasteiger partial charge in [0, 0.05) is 17.8 Å². The van der Waals surface area contributed by atoms with E-state index in [0.29, 0.717) is 0 Å². The molecule has 0 aliphatic carbocycles. The fraction of sp³-hybridized carbons (Fsp3) is 0.533. The number of allylic oxidation sites excluding steroid dienone is 19. The number of benzene rings is 1. The van der Waals surface area contributed by atoms with Gasteiger partial charge in [0.2, 0.25) is 0 Å². The SMILES string of the molecule is C#Cc1cccc(NCCC/C(C)=C/CC/C(C)=C/CC/C(C)=C/CC/C(C)=C\CC/C(C)=C\CC/C(C)=C\CC/C(C)=C\CC/C(C)=C\CC/C(C)=C\CC/C(C)=C\CO)c1. The van der Waals surface area contributed by atoms with Crippen LogP contribution >= 0.6 is 0 Å². The number of aliphatic hydroxyl groups is 1. The van der Waals surface area contributed by atoms with Gasteiger partial charge in [0.15, 0.2) is 0 Å². The number of hydrogen-bond acceptors (Lipinski definition) is 2. The zero-order valence-electron chi connectivity index (χ0n) is 41.7. The van der Waals surface area contributed by atoms with Gasteiger partial charge in [-0.25, -0.2) is 0 Å². The van der Waals surface area contributed by atoms with Gasteiger partial charge >= 0.3 is 0 Å². The van der Waals surface area contributed by atoms with Crippen molar-refractivity contribution in [3.63, 3.8) is 0 Å². The third-order valence-corrected chi connectivity index (χ3v) is 11.8. The third kappa shape index (κ3) is 32.6. The van der Waals surface area contributed by atoms with E-state index in [4.69, 9.17) is 11.5 Å². The lowest BCUT2D eigenvalue weighted by molar-refractivity contribution is 0.341. The van der Waals surface area contributed by atoms with E-state index in [1.54, 1.807) is 0 Å². The molecule has 62 heavy (non-hydrogen) atoms. The normalized spacial score (nSPS) is 14.5. The maximum absolute atomic E-state index is 9.00. The van der Waals surface area contributed by atoms with Crippen LogP contribution in [-0.2, 0) is 0 Å². The van der Waals surface area contributed by atoms with E-state index in [9.17, 15) is 0 Å². The molecule has 2 heteroatoms. The van der Waals surface area contributed by atoms with Crippen LogP contribution in [0, 0.1) is 12.3 Å². The Balaban J connectivity index is 2.21. The number of rotatable bonds is 33. The van der Waals surface area contributed by atoms with Crippen LogP contribution in [0.3, 0.4) is 0 Å². The van der Waals surface area contributed by atoms with E-state index in [1.807, 2.05) is 24.3 Å². The second kappa shape index (κ2) is 36.4. The summed E-state index contributed by atoms with van der Waals surface area (Å²) < 4.78 is 0. The molecule has 0 saturated heterocycles. The minimum Gasteiger partial charge on any atom is -0.392 e. The zero-order chi connectivity index (χ0) is 45.8. The standard InChI is InChI=1S/C60H91NO/c1-12-59-43-22-44-60(48-59)61-46-23-42-57(10)40-20-38-55(8)36-18-34-53(6)32-16-30-51(4)28-14-26-49(2)24-13-25-50(3)27-15-29-52(5)31-17-33-54(7)35-19-37-56(9)39-21-41-58(11)45-47-62/h1,22,24,27-28,31-32,35-36,39-40,43-45,48,61-62H,13-21,23,25-26,29-30,33-34,37-38,41-42,46-47H2,2-11H3/b49-24-,50-27-,51-28-,52-31-,53-32+,54-35-,55-36+,56-39-,57-40+,58-45-. The number of nitrogens with one attached hydrogen (secondary N) is 1. The second-order valence-corrected chi connectivity index (χ2v) is 18.3. The van der Waals surface area contributed by atoms with Gasteiger partial charge in [0.05, 0.1) is 6.61 Å². The summed E-state index contributed by atoms with van der Waals surface area (Å²) in [6.45, 7) is 23.8. The first-order chi connectivity index (χ1) is 29.8. The second-order valence-electron chi connectivity index (χ2n) is 18.3. The van der Waals surface area contributed by atoms with E-state index in [2.05, 4.69) is 141 Å². The van der Waals surface area contributed by atoms with Gasteiger partial charge in [-0.1, -0.05) is 128 Å². The quantitative estimate of drug-likeness (QED) is 0.0420. The van der Waals surface area contributed by atoms with Crippen molar-refractivity contribution in [3.05, 3.63) is 146 Å². The largest absolute Gasteiger partial charge is 0.392 e. The van der Waals surface area contributed by atoms with Crippen molar-refractivity contribution in [1.29, 1.82) is 0 Å². The molecule has 0 aromatic heterocycles. The maximum atomic E-state index is 9.00. The van der Waals surface area contributed by atoms with Crippen LogP contribution in [0.1, 0.15) is 203 Å². The molecule has 0 amide bonds. The summed E-state index contributed by atoms with van der Waals surface area (Å²) >= 11 is 0. The van der Waals surface area contributed by atoms with Crippen molar-refractivity contribution in [1.82, 2.24) is 0 Å². The Labute approximate surface area is 384 Å². The van der Waals surface area contributed by atoms with Crippen LogP contribution in [-0.4, -0.2) is 18.3 Å². The summed E-state index contributed by atoms with van der Waals surface area (Å²) in [5.74, 6) is 2.70. The van der Waals surface area contributed by atoms with Crippen LogP contribution in [0.25, 0.3) is 0 Å². The van der Waals surface area contributed by atoms with Gasteiger partial charge < -0.3 is 10.4 Å². The van der Waals surface area contributed by atoms with Crippen molar-refractivity contribution in [2.24, 2.45) is 0 Å². The molecule has 0 spiro atoms. The molecule has 342 valence electrons. The third-order valence-electron chi connectivity index (χ3n) is 11.8. The Hall–Kier alpha value is -4.06. The highest BCUT2D eigenvalue weighted by atomic mass is 16.2. The van der Waals surface area contributed by atoms with Crippen molar-refractivity contribution >= 4 is 5.69 Å². The van der Waals surface area contributed by atoms with E-state index in [1.165, 1.54) is 55.7 Å². The van der Waals surface area contributed by atoms with Crippen molar-refractivity contribution in [3.8, 4) is 12.3 Å². The number of aliphatic hydroxyl groups excluding tert-OH is 1. The zero-order valence-corrected chi connectivity index (χ0v) is 41.7. The fourth-order valence-electron chi connectivity index (χ4n) is 7.41. The Kier molecular flexibility index (Phi) is 32.9. The molecule has 1 aromatic rings. The van der Waals surface area contributed by atoms with Crippen molar-refractivity contribution < 1.29 is 5.11 Å². The minimum absolute atomic E-state index is 0.147. The Bertz CT molecular complexity index is 1770. The molecule has 0 saturated carbocycles. The van der Waals surface area contributed by atoms with Crippen molar-refractivity contribution in [2.45, 2.75) is 198 Å². The van der Waals surface area contributed by atoms with Gasteiger partial charge in [-0.3, -0.25) is 0 Å². The van der Waals surface area contributed by atoms with Gasteiger partial charge in [-0.05, 0) is 216 Å². The molecule has 2 N–H and O–H groups in total. The van der Waals surface area contributed by atoms with Crippen LogP contribution in [0.2, 0.25) is 0 Å². The topological polar surface area (TPSA) is 32.3 Å². The molecular weight excluding hydrogens is 751 g/mol. The molecule has 0 aliphatic rings. The molecule has 1 aromatic carbocycles. The first-order valence-electron chi connectivity index (χ1n) is 24.3. The smallest absolute Gasteiger partial charge is 0.0614 e. The minimum atomic E-state index is 0.147. The highest BCUT2D eigenvalue weighted by Gasteiger charge is 1.99. The van der Waals surface area contributed by atoms with E-state index in [0.717, 1.165) is 146 Å². The summed E-state index contributed by atoms with van der Waals surface area (Å²) in [6.07, 6.45) is 52.1. The summed E-state index contributed by atoms with van der Waals surface area (Å²) in [5.41, 5.74) is 16.9. The van der Waals surface area contributed by atoms with Crippen LogP contribution < -0.4 is 5.32 Å². The number of terminal acetylenes is 1. The Morgan fingerprint density at radius 1 is 0.435 bits per heavy atom. The predicted octanol–water partition coefficient (Wildman–Crippen LogP) is 18.3.